The van der Waals surface area contributed by atoms with Crippen LogP contribution >= 0.6 is 0 Å². The summed E-state index contributed by atoms with van der Waals surface area (Å²) in [7, 11) is 1.64. The molecule has 0 aliphatic heterocycles. The molecule has 1 atom stereocenters. The van der Waals surface area contributed by atoms with Crippen molar-refractivity contribution in [3.8, 4) is 5.75 Å². The largest absolute Gasteiger partial charge is 0.497 e. The lowest BCUT2D eigenvalue weighted by Gasteiger charge is -2.30. The van der Waals surface area contributed by atoms with E-state index in [1.807, 2.05) is 54.6 Å². The number of nitrogens with one attached hydrogen (secondary N) is 1. The Morgan fingerprint density at radius 2 is 1.97 bits per heavy atom. The third-order valence-electron chi connectivity index (χ3n) is 6.60. The summed E-state index contributed by atoms with van der Waals surface area (Å²) in [6.45, 7) is 3.73. The smallest absolute Gasteiger partial charge is 0.252 e. The van der Waals surface area contributed by atoms with Crippen molar-refractivity contribution in [3.63, 3.8) is 0 Å². The SMILES string of the molecule is CC[C@H](c1nnnn1Cc1ccco1)N(CCc1ccccc1)Cc1cc2cc(OC)ccc2[nH]c1=O. The lowest BCUT2D eigenvalue weighted by Crippen LogP contribution is -2.34. The number of pyridine rings is 1. The van der Waals surface area contributed by atoms with Crippen molar-refractivity contribution in [3.05, 3.63) is 106 Å². The Bertz CT molecular complexity index is 1490. The minimum atomic E-state index is -0.104. The number of benzene rings is 2. The number of fused-ring (bicyclic) bond motifs is 1. The Balaban J connectivity index is 1.48. The predicted octanol–water partition coefficient (Wildman–Crippen LogP) is 4.36. The molecule has 0 saturated heterocycles. The molecule has 0 fully saturated rings. The maximum absolute atomic E-state index is 13.1. The number of hydrogen-bond donors (Lipinski definition) is 1. The Labute approximate surface area is 214 Å². The van der Waals surface area contributed by atoms with E-state index in [-0.39, 0.29) is 11.6 Å². The molecular weight excluding hydrogens is 468 g/mol. The van der Waals surface area contributed by atoms with Crippen molar-refractivity contribution in [1.82, 2.24) is 30.1 Å². The minimum Gasteiger partial charge on any atom is -0.497 e. The van der Waals surface area contributed by atoms with E-state index in [0.29, 0.717) is 18.7 Å². The van der Waals surface area contributed by atoms with Crippen LogP contribution in [0.4, 0.5) is 0 Å². The lowest BCUT2D eigenvalue weighted by molar-refractivity contribution is 0.172. The predicted molar refractivity (Wildman–Crippen MR) is 140 cm³/mol. The fourth-order valence-electron chi connectivity index (χ4n) is 4.67. The average Bonchev–Trinajstić information content (AvgIpc) is 3.61. The molecule has 0 saturated carbocycles. The maximum Gasteiger partial charge on any atom is 0.252 e. The number of hydrogen-bond acceptors (Lipinski definition) is 7. The summed E-state index contributed by atoms with van der Waals surface area (Å²) >= 11 is 0. The number of tetrazole rings is 1. The van der Waals surface area contributed by atoms with Gasteiger partial charge in [0, 0.05) is 29.6 Å². The second-order valence-electron chi connectivity index (χ2n) is 8.98. The number of methoxy groups -OCH3 is 1. The van der Waals surface area contributed by atoms with E-state index in [1.54, 1.807) is 18.1 Å². The van der Waals surface area contributed by atoms with Crippen LogP contribution in [0.3, 0.4) is 0 Å². The third-order valence-corrected chi connectivity index (χ3v) is 6.60. The quantitative estimate of drug-likeness (QED) is 0.289. The molecular formula is C28H30N6O3. The second kappa shape index (κ2) is 11.2. The number of aromatic nitrogens is 5. The number of furan rings is 1. The van der Waals surface area contributed by atoms with Crippen molar-refractivity contribution in [2.24, 2.45) is 0 Å². The summed E-state index contributed by atoms with van der Waals surface area (Å²) in [5.41, 5.74) is 2.58. The molecule has 0 aliphatic rings. The first-order chi connectivity index (χ1) is 18.1. The Hall–Kier alpha value is -4.24. The summed E-state index contributed by atoms with van der Waals surface area (Å²) in [5.74, 6) is 2.26. The number of rotatable bonds is 11. The first kappa shape index (κ1) is 24.5. The molecule has 0 aliphatic carbocycles. The highest BCUT2D eigenvalue weighted by Crippen LogP contribution is 2.26. The molecule has 0 bridgehead atoms. The summed E-state index contributed by atoms with van der Waals surface area (Å²) in [5, 5.41) is 13.5. The Kier molecular flexibility index (Phi) is 7.41. The molecule has 0 amide bonds. The van der Waals surface area contributed by atoms with Gasteiger partial charge >= 0.3 is 0 Å². The van der Waals surface area contributed by atoms with Crippen LogP contribution in [0.25, 0.3) is 10.9 Å². The first-order valence-corrected chi connectivity index (χ1v) is 12.4. The van der Waals surface area contributed by atoms with Crippen LogP contribution < -0.4 is 10.3 Å². The van der Waals surface area contributed by atoms with Crippen molar-refractivity contribution in [1.29, 1.82) is 0 Å². The minimum absolute atomic E-state index is 0.103. The van der Waals surface area contributed by atoms with Gasteiger partial charge in [-0.05, 0) is 65.2 Å². The molecule has 1 N–H and O–H groups in total. The van der Waals surface area contributed by atoms with Gasteiger partial charge in [-0.25, -0.2) is 4.68 Å². The van der Waals surface area contributed by atoms with E-state index < -0.39 is 0 Å². The van der Waals surface area contributed by atoms with Crippen LogP contribution in [0.5, 0.6) is 5.75 Å². The number of H-pyrrole nitrogens is 1. The number of ether oxygens (including phenoxy) is 1. The van der Waals surface area contributed by atoms with E-state index in [2.05, 4.69) is 44.5 Å². The average molecular weight is 499 g/mol. The van der Waals surface area contributed by atoms with Crippen molar-refractivity contribution >= 4 is 10.9 Å². The van der Waals surface area contributed by atoms with E-state index in [1.165, 1.54) is 5.56 Å². The molecule has 37 heavy (non-hydrogen) atoms. The molecule has 3 heterocycles. The van der Waals surface area contributed by atoms with Gasteiger partial charge in [0.1, 0.15) is 18.1 Å². The lowest BCUT2D eigenvalue weighted by atomic mass is 10.1. The second-order valence-corrected chi connectivity index (χ2v) is 8.98. The zero-order valence-electron chi connectivity index (χ0n) is 21.0. The molecule has 2 aromatic carbocycles. The van der Waals surface area contributed by atoms with Crippen molar-refractivity contribution in [2.75, 3.05) is 13.7 Å². The zero-order chi connectivity index (χ0) is 25.6. The zero-order valence-corrected chi connectivity index (χ0v) is 21.0. The molecule has 5 aromatic rings. The molecule has 0 spiro atoms. The van der Waals surface area contributed by atoms with Crippen LogP contribution in [0.2, 0.25) is 0 Å². The highest BCUT2D eigenvalue weighted by atomic mass is 16.5. The van der Waals surface area contributed by atoms with Gasteiger partial charge in [-0.3, -0.25) is 9.69 Å². The fraction of sp³-hybridized carbons (Fsp3) is 0.286. The molecule has 5 rings (SSSR count). The van der Waals surface area contributed by atoms with Crippen LogP contribution in [0, 0.1) is 0 Å². The van der Waals surface area contributed by atoms with Crippen LogP contribution in [0.1, 0.15) is 42.1 Å². The Morgan fingerprint density at radius 3 is 2.73 bits per heavy atom. The summed E-state index contributed by atoms with van der Waals surface area (Å²) in [6, 6.07) is 21.6. The first-order valence-electron chi connectivity index (χ1n) is 12.4. The van der Waals surface area contributed by atoms with Crippen LogP contribution in [-0.2, 0) is 19.5 Å². The third kappa shape index (κ3) is 5.62. The van der Waals surface area contributed by atoms with Gasteiger partial charge in [-0.1, -0.05) is 37.3 Å². The highest BCUT2D eigenvalue weighted by molar-refractivity contribution is 5.80. The van der Waals surface area contributed by atoms with Crippen LogP contribution in [0.15, 0.2) is 82.2 Å². The van der Waals surface area contributed by atoms with Crippen LogP contribution in [-0.4, -0.2) is 43.7 Å². The van der Waals surface area contributed by atoms with Gasteiger partial charge in [0.2, 0.25) is 0 Å². The van der Waals surface area contributed by atoms with E-state index in [0.717, 1.165) is 47.6 Å². The van der Waals surface area contributed by atoms with Gasteiger partial charge in [0.15, 0.2) is 5.82 Å². The van der Waals surface area contributed by atoms with Gasteiger partial charge in [0.25, 0.3) is 5.56 Å². The van der Waals surface area contributed by atoms with Gasteiger partial charge in [0.05, 0.1) is 19.4 Å². The topological polar surface area (TPSA) is 102 Å². The monoisotopic (exact) mass is 498 g/mol. The van der Waals surface area contributed by atoms with Crippen molar-refractivity contribution in [2.45, 2.75) is 38.9 Å². The highest BCUT2D eigenvalue weighted by Gasteiger charge is 2.26. The number of aromatic amines is 1. The normalized spacial score (nSPS) is 12.3. The molecule has 0 radical (unpaired) electrons. The number of nitrogens with zero attached hydrogens (tertiary/aromatic N) is 5. The Morgan fingerprint density at radius 1 is 1.11 bits per heavy atom. The maximum atomic E-state index is 13.1. The van der Waals surface area contributed by atoms with Crippen molar-refractivity contribution < 1.29 is 9.15 Å². The van der Waals surface area contributed by atoms with Gasteiger partial charge < -0.3 is 14.1 Å². The molecule has 3 aromatic heterocycles. The molecule has 190 valence electrons. The molecule has 9 nitrogen and oxygen atoms in total. The summed E-state index contributed by atoms with van der Waals surface area (Å²) < 4.78 is 12.7. The molecule has 0 unspecified atom stereocenters. The fourth-order valence-corrected chi connectivity index (χ4v) is 4.67. The molecule has 9 heteroatoms. The van der Waals surface area contributed by atoms with E-state index in [4.69, 9.17) is 9.15 Å². The van der Waals surface area contributed by atoms with E-state index >= 15 is 0 Å². The van der Waals surface area contributed by atoms with Gasteiger partial charge in [-0.15, -0.1) is 5.10 Å². The summed E-state index contributed by atoms with van der Waals surface area (Å²) in [6.07, 6.45) is 3.24. The van der Waals surface area contributed by atoms with E-state index in [9.17, 15) is 4.79 Å². The summed E-state index contributed by atoms with van der Waals surface area (Å²) in [4.78, 5) is 18.4. The standard InChI is InChI=1S/C28H30N6O3/c1-3-26(27-30-31-32-34(27)19-24-10-7-15-37-24)33(14-13-20-8-5-4-6-9-20)18-22-16-21-17-23(36-2)11-12-25(21)29-28(22)35/h4-12,15-17,26H,3,13-14,18-19H2,1-2H3,(H,29,35)/t26-/m1/s1. The van der Waals surface area contributed by atoms with Gasteiger partial charge in [-0.2, -0.15) is 0 Å².